The van der Waals surface area contributed by atoms with Gasteiger partial charge in [0.2, 0.25) is 11.9 Å². The largest absolute Gasteiger partial charge is 0.326 e. The number of nitrogens with one attached hydrogen (secondary N) is 2. The molecule has 0 radical (unpaired) electrons. The molecule has 1 aliphatic rings. The van der Waals surface area contributed by atoms with Gasteiger partial charge in [0.1, 0.15) is 4.33 Å². The van der Waals surface area contributed by atoms with Gasteiger partial charge < -0.3 is 5.32 Å². The van der Waals surface area contributed by atoms with Crippen LogP contribution in [0.4, 0.5) is 11.6 Å². The molecule has 1 saturated carbocycles. The van der Waals surface area contributed by atoms with Gasteiger partial charge >= 0.3 is 0 Å². The first-order valence-electron chi connectivity index (χ1n) is 9.29. The molecule has 1 heterocycles. The SMILES string of the molecule is O=C(Nc1ncc(Br)cn1)c1cc(NC(=O)C2C(c3cc(Cl)cc(Cl)c3)C2(Cl)Cl)ccc1Cl. The van der Waals surface area contributed by atoms with Crippen molar-refractivity contribution in [3.05, 3.63) is 79.5 Å². The summed E-state index contributed by atoms with van der Waals surface area (Å²) in [5.74, 6) is -2.11. The van der Waals surface area contributed by atoms with Gasteiger partial charge in [-0.15, -0.1) is 23.2 Å². The van der Waals surface area contributed by atoms with Crippen molar-refractivity contribution < 1.29 is 9.59 Å². The summed E-state index contributed by atoms with van der Waals surface area (Å²) in [6, 6.07) is 9.40. The molecule has 2 N–H and O–H groups in total. The molecule has 6 nitrogen and oxygen atoms in total. The van der Waals surface area contributed by atoms with Gasteiger partial charge in [0.15, 0.2) is 0 Å². The van der Waals surface area contributed by atoms with Gasteiger partial charge in [0.05, 0.1) is 21.0 Å². The number of benzene rings is 2. The summed E-state index contributed by atoms with van der Waals surface area (Å²) in [6.07, 6.45) is 2.98. The summed E-state index contributed by atoms with van der Waals surface area (Å²) in [4.78, 5) is 33.6. The highest BCUT2D eigenvalue weighted by molar-refractivity contribution is 9.10. The van der Waals surface area contributed by atoms with Crippen molar-refractivity contribution in [2.75, 3.05) is 10.6 Å². The average Bonchev–Trinajstić information content (AvgIpc) is 3.32. The van der Waals surface area contributed by atoms with Crippen LogP contribution in [0.5, 0.6) is 0 Å². The monoisotopic (exact) mass is 606 g/mol. The van der Waals surface area contributed by atoms with Crippen molar-refractivity contribution in [1.29, 1.82) is 0 Å². The smallest absolute Gasteiger partial charge is 0.259 e. The fourth-order valence-electron chi connectivity index (χ4n) is 3.37. The van der Waals surface area contributed by atoms with Crippen LogP contribution in [-0.2, 0) is 4.79 Å². The molecule has 0 bridgehead atoms. The maximum absolute atomic E-state index is 12.9. The van der Waals surface area contributed by atoms with Gasteiger partial charge in [-0.05, 0) is 57.9 Å². The fraction of sp³-hybridized carbons (Fsp3) is 0.143. The number of rotatable bonds is 5. The van der Waals surface area contributed by atoms with Crippen LogP contribution >= 0.6 is 73.9 Å². The topological polar surface area (TPSA) is 84.0 Å². The summed E-state index contributed by atoms with van der Waals surface area (Å²) >= 11 is 34.3. The molecule has 1 aliphatic carbocycles. The molecule has 0 spiro atoms. The molecule has 2 unspecified atom stereocenters. The number of amides is 2. The number of halogens is 6. The van der Waals surface area contributed by atoms with E-state index in [4.69, 9.17) is 58.0 Å². The maximum atomic E-state index is 12.9. The third-order valence-corrected chi connectivity index (χ3v) is 7.02. The second-order valence-corrected chi connectivity index (χ2v) is 10.8. The van der Waals surface area contributed by atoms with Crippen LogP contribution in [0.2, 0.25) is 15.1 Å². The molecule has 1 fully saturated rings. The van der Waals surface area contributed by atoms with Crippen LogP contribution in [0.25, 0.3) is 0 Å². The van der Waals surface area contributed by atoms with Gasteiger partial charge in [-0.25, -0.2) is 9.97 Å². The van der Waals surface area contributed by atoms with Crippen LogP contribution in [-0.4, -0.2) is 26.1 Å². The van der Waals surface area contributed by atoms with E-state index in [-0.39, 0.29) is 16.5 Å². The number of carbonyl (C=O) groups excluding carboxylic acids is 2. The van der Waals surface area contributed by atoms with Gasteiger partial charge in [-0.2, -0.15) is 0 Å². The van der Waals surface area contributed by atoms with Gasteiger partial charge in [-0.3, -0.25) is 14.9 Å². The Morgan fingerprint density at radius 3 is 2.21 bits per heavy atom. The number of hydrogen-bond donors (Lipinski definition) is 2. The van der Waals surface area contributed by atoms with Crippen molar-refractivity contribution in [3.63, 3.8) is 0 Å². The zero-order valence-electron chi connectivity index (χ0n) is 16.3. The van der Waals surface area contributed by atoms with E-state index >= 15 is 0 Å². The summed E-state index contributed by atoms with van der Waals surface area (Å²) in [6.45, 7) is 0. The predicted molar refractivity (Wildman–Crippen MR) is 135 cm³/mol. The lowest BCUT2D eigenvalue weighted by Gasteiger charge is -2.10. The molecule has 0 saturated heterocycles. The Labute approximate surface area is 222 Å². The lowest BCUT2D eigenvalue weighted by Crippen LogP contribution is -2.18. The highest BCUT2D eigenvalue weighted by Crippen LogP contribution is 2.65. The van der Waals surface area contributed by atoms with Crippen LogP contribution in [0.15, 0.2) is 53.3 Å². The van der Waals surface area contributed by atoms with Gasteiger partial charge in [0.25, 0.3) is 5.91 Å². The number of anilines is 2. The molecule has 2 aromatic carbocycles. The molecule has 33 heavy (non-hydrogen) atoms. The fourth-order valence-corrected chi connectivity index (χ4v) is 5.14. The lowest BCUT2D eigenvalue weighted by molar-refractivity contribution is -0.117. The number of aromatic nitrogens is 2. The quantitative estimate of drug-likeness (QED) is 0.306. The summed E-state index contributed by atoms with van der Waals surface area (Å²) < 4.78 is -0.666. The second-order valence-electron chi connectivity index (χ2n) is 7.20. The summed E-state index contributed by atoms with van der Waals surface area (Å²) in [5, 5.41) is 6.29. The van der Waals surface area contributed by atoms with E-state index in [1.54, 1.807) is 24.3 Å². The highest BCUT2D eigenvalue weighted by atomic mass is 79.9. The number of alkyl halides is 2. The zero-order valence-corrected chi connectivity index (χ0v) is 21.6. The van der Waals surface area contributed by atoms with Crippen LogP contribution in [0.1, 0.15) is 21.8 Å². The van der Waals surface area contributed by atoms with Crippen molar-refractivity contribution >= 4 is 97.4 Å². The molecule has 12 heteroatoms. The summed E-state index contributed by atoms with van der Waals surface area (Å²) in [7, 11) is 0. The van der Waals surface area contributed by atoms with Crippen molar-refractivity contribution in [3.8, 4) is 0 Å². The molecule has 3 aromatic rings. The Hall–Kier alpha value is -1.61. The van der Waals surface area contributed by atoms with E-state index in [0.29, 0.717) is 25.8 Å². The van der Waals surface area contributed by atoms with Crippen LogP contribution in [0, 0.1) is 5.92 Å². The first kappa shape index (κ1) is 24.5. The van der Waals surface area contributed by atoms with Gasteiger partial charge in [-0.1, -0.05) is 34.8 Å². The van der Waals surface area contributed by atoms with Gasteiger partial charge in [0, 0.05) is 34.0 Å². The minimum Gasteiger partial charge on any atom is -0.326 e. The molecule has 0 aliphatic heterocycles. The Balaban J connectivity index is 1.50. The maximum Gasteiger partial charge on any atom is 0.259 e. The minimum absolute atomic E-state index is 0.101. The van der Waals surface area contributed by atoms with Crippen LogP contribution in [0.3, 0.4) is 0 Å². The molecule has 170 valence electrons. The third-order valence-electron chi connectivity index (χ3n) is 4.90. The van der Waals surface area contributed by atoms with E-state index in [9.17, 15) is 9.59 Å². The Morgan fingerprint density at radius 2 is 1.58 bits per heavy atom. The normalized spacial score (nSPS) is 18.5. The minimum atomic E-state index is -1.33. The first-order valence-corrected chi connectivity index (χ1v) is 12.0. The Morgan fingerprint density at radius 1 is 0.939 bits per heavy atom. The van der Waals surface area contributed by atoms with Crippen molar-refractivity contribution in [1.82, 2.24) is 9.97 Å². The third kappa shape index (κ3) is 5.39. The van der Waals surface area contributed by atoms with Crippen LogP contribution < -0.4 is 10.6 Å². The van der Waals surface area contributed by atoms with E-state index in [2.05, 4.69) is 36.5 Å². The standard InChI is InChI=1S/C21H12BrCl5N4O2/c22-10-7-28-20(29-8-10)31-18(32)14-6-13(1-2-15(14)25)30-19(33)17-16(21(17,26)27)9-3-11(23)5-12(24)4-9/h1-8,16-17H,(H,30,33)(H,28,29,31,32). The molecule has 2 atom stereocenters. The van der Waals surface area contributed by atoms with E-state index in [0.717, 1.165) is 0 Å². The average molecular weight is 610 g/mol. The number of carbonyl (C=O) groups is 2. The zero-order chi connectivity index (χ0) is 23.9. The molecule has 4 rings (SSSR count). The molecular formula is C21H12BrCl5N4O2. The van der Waals surface area contributed by atoms with E-state index in [1.165, 1.54) is 24.5 Å². The van der Waals surface area contributed by atoms with Crippen molar-refractivity contribution in [2.45, 2.75) is 10.3 Å². The molecule has 1 aromatic heterocycles. The Bertz CT molecular complexity index is 1240. The lowest BCUT2D eigenvalue weighted by atomic mass is 10.1. The number of nitrogens with zero attached hydrogens (tertiary/aromatic N) is 2. The predicted octanol–water partition coefficient (Wildman–Crippen LogP) is 6.98. The second kappa shape index (κ2) is 9.56. The Kier molecular flexibility index (Phi) is 7.10. The number of hydrogen-bond acceptors (Lipinski definition) is 4. The summed E-state index contributed by atoms with van der Waals surface area (Å²) in [5.41, 5.74) is 1.12. The highest BCUT2D eigenvalue weighted by Gasteiger charge is 2.67. The van der Waals surface area contributed by atoms with E-state index in [1.807, 2.05) is 0 Å². The first-order chi connectivity index (χ1) is 15.6. The molecule has 2 amide bonds. The van der Waals surface area contributed by atoms with E-state index < -0.39 is 28.0 Å². The van der Waals surface area contributed by atoms with Crippen molar-refractivity contribution in [2.24, 2.45) is 5.92 Å². The molecular weight excluding hydrogens is 597 g/mol.